The number of carbonyl (C=O) groups is 2. The van der Waals surface area contributed by atoms with Gasteiger partial charge in [0.1, 0.15) is 6.04 Å². The first-order chi connectivity index (χ1) is 6.97. The van der Waals surface area contributed by atoms with E-state index in [1.165, 1.54) is 4.90 Å². The second-order valence-electron chi connectivity index (χ2n) is 3.76. The minimum atomic E-state index is -0.988. The van der Waals surface area contributed by atoms with Crippen molar-refractivity contribution in [2.45, 2.75) is 24.8 Å². The molecule has 0 saturated carbocycles. The van der Waals surface area contributed by atoms with Crippen molar-refractivity contribution in [3.8, 4) is 0 Å². The Morgan fingerprint density at radius 3 is 2.73 bits per heavy atom. The van der Waals surface area contributed by atoms with Gasteiger partial charge in [0.2, 0.25) is 5.91 Å². The van der Waals surface area contributed by atoms with Crippen LogP contribution in [0.3, 0.4) is 0 Å². The fourth-order valence-electron chi connectivity index (χ4n) is 1.62. The van der Waals surface area contributed by atoms with Crippen LogP contribution in [0.2, 0.25) is 0 Å². The first-order valence-corrected chi connectivity index (χ1v) is 5.82. The van der Waals surface area contributed by atoms with Gasteiger partial charge in [-0.1, -0.05) is 6.92 Å². The molecule has 4 nitrogen and oxygen atoms in total. The highest BCUT2D eigenvalue weighted by molar-refractivity contribution is 7.80. The fraction of sp³-hybridized carbons (Fsp3) is 0.778. The molecule has 86 valence electrons. The highest BCUT2D eigenvalue weighted by Gasteiger charge is 2.39. The highest BCUT2D eigenvalue weighted by atomic mass is 35.5. The third-order valence-corrected chi connectivity index (χ3v) is 3.38. The molecular formula is C9H14ClNO3S. The van der Waals surface area contributed by atoms with Crippen LogP contribution < -0.4 is 0 Å². The summed E-state index contributed by atoms with van der Waals surface area (Å²) in [7, 11) is 0. The third kappa shape index (κ3) is 2.78. The number of carboxylic acid groups (broad SMARTS) is 1. The molecule has 0 aliphatic carbocycles. The molecule has 1 heterocycles. The number of hydrogen-bond acceptors (Lipinski definition) is 3. The largest absolute Gasteiger partial charge is 0.480 e. The van der Waals surface area contributed by atoms with Crippen LogP contribution in [0.1, 0.15) is 13.3 Å². The summed E-state index contributed by atoms with van der Waals surface area (Å²) in [6.07, 6.45) is 0.321. The zero-order valence-corrected chi connectivity index (χ0v) is 10.0. The van der Waals surface area contributed by atoms with Crippen molar-refractivity contribution in [1.82, 2.24) is 4.90 Å². The second-order valence-corrected chi connectivity index (χ2v) is 4.74. The summed E-state index contributed by atoms with van der Waals surface area (Å²) >= 11 is 9.88. The van der Waals surface area contributed by atoms with Crippen LogP contribution in [0, 0.1) is 5.92 Å². The first-order valence-electron chi connectivity index (χ1n) is 4.75. The van der Waals surface area contributed by atoms with E-state index >= 15 is 0 Å². The van der Waals surface area contributed by atoms with E-state index in [0.717, 1.165) is 0 Å². The lowest BCUT2D eigenvalue weighted by Crippen LogP contribution is -2.43. The molecule has 3 atom stereocenters. The number of likely N-dealkylation sites (tertiary alicyclic amines) is 1. The lowest BCUT2D eigenvalue weighted by atomic mass is 10.1. The molecule has 0 spiro atoms. The molecule has 0 aromatic heterocycles. The van der Waals surface area contributed by atoms with Gasteiger partial charge in [-0.3, -0.25) is 4.79 Å². The maximum absolute atomic E-state index is 11.8. The molecule has 1 rings (SSSR count). The zero-order chi connectivity index (χ0) is 11.6. The third-order valence-electron chi connectivity index (χ3n) is 2.51. The summed E-state index contributed by atoms with van der Waals surface area (Å²) in [6.45, 7) is 2.05. The Balaban J connectivity index is 2.75. The van der Waals surface area contributed by atoms with Gasteiger partial charge in [0.15, 0.2) is 0 Å². The summed E-state index contributed by atoms with van der Waals surface area (Å²) in [5.41, 5.74) is 0. The van der Waals surface area contributed by atoms with E-state index in [2.05, 4.69) is 12.6 Å². The quantitative estimate of drug-likeness (QED) is 0.578. The average molecular weight is 252 g/mol. The number of rotatable bonds is 3. The molecule has 1 unspecified atom stereocenters. The summed E-state index contributed by atoms with van der Waals surface area (Å²) in [5, 5.41) is 8.67. The summed E-state index contributed by atoms with van der Waals surface area (Å²) in [5.74, 6) is -1.02. The topological polar surface area (TPSA) is 57.6 Å². The van der Waals surface area contributed by atoms with E-state index in [1.807, 2.05) is 0 Å². The molecule has 0 aromatic rings. The number of alkyl halides is 1. The van der Waals surface area contributed by atoms with Crippen LogP contribution in [0.25, 0.3) is 0 Å². The molecular weight excluding hydrogens is 238 g/mol. The Morgan fingerprint density at radius 2 is 2.27 bits per heavy atom. The zero-order valence-electron chi connectivity index (χ0n) is 8.39. The molecule has 1 saturated heterocycles. The second kappa shape index (κ2) is 5.07. The van der Waals surface area contributed by atoms with E-state index in [4.69, 9.17) is 16.7 Å². The Hall–Kier alpha value is -0.420. The normalized spacial score (nSPS) is 27.8. The first kappa shape index (κ1) is 12.6. The standard InChI is InChI=1S/C9H14ClNO3S/c1-5(4-15)8(12)11-3-6(10)2-7(11)9(13)14/h5-7,15H,2-4H2,1H3,(H,13,14)/t5?,6-,7-/m0/s1. The van der Waals surface area contributed by atoms with Gasteiger partial charge >= 0.3 is 5.97 Å². The smallest absolute Gasteiger partial charge is 0.326 e. The predicted molar refractivity (Wildman–Crippen MR) is 60.4 cm³/mol. The lowest BCUT2D eigenvalue weighted by Gasteiger charge is -2.23. The molecule has 1 aliphatic rings. The number of aliphatic carboxylic acids is 1. The van der Waals surface area contributed by atoms with E-state index in [1.54, 1.807) is 6.92 Å². The lowest BCUT2D eigenvalue weighted by molar-refractivity contribution is -0.149. The molecule has 1 aliphatic heterocycles. The maximum Gasteiger partial charge on any atom is 0.326 e. The van der Waals surface area contributed by atoms with Gasteiger partial charge < -0.3 is 10.0 Å². The number of amides is 1. The van der Waals surface area contributed by atoms with E-state index in [9.17, 15) is 9.59 Å². The molecule has 1 amide bonds. The summed E-state index contributed by atoms with van der Waals surface area (Å²) in [4.78, 5) is 24.0. The number of thiol groups is 1. The van der Waals surface area contributed by atoms with Crippen LogP contribution in [0.5, 0.6) is 0 Å². The van der Waals surface area contributed by atoms with Crippen LogP contribution >= 0.6 is 24.2 Å². The number of halogens is 1. The molecule has 0 radical (unpaired) electrons. The van der Waals surface area contributed by atoms with Crippen molar-refractivity contribution in [3.63, 3.8) is 0 Å². The molecule has 0 aromatic carbocycles. The van der Waals surface area contributed by atoms with Gasteiger partial charge in [-0.2, -0.15) is 12.6 Å². The van der Waals surface area contributed by atoms with Crippen LogP contribution in [-0.4, -0.2) is 45.6 Å². The van der Waals surface area contributed by atoms with Gasteiger partial charge in [0.25, 0.3) is 0 Å². The van der Waals surface area contributed by atoms with Crippen molar-refractivity contribution in [3.05, 3.63) is 0 Å². The average Bonchev–Trinajstić information content (AvgIpc) is 2.58. The minimum Gasteiger partial charge on any atom is -0.480 e. The van der Waals surface area contributed by atoms with Gasteiger partial charge in [0, 0.05) is 18.2 Å². The Kier molecular flexibility index (Phi) is 4.28. The Morgan fingerprint density at radius 1 is 1.67 bits per heavy atom. The van der Waals surface area contributed by atoms with Gasteiger partial charge in [0.05, 0.1) is 5.38 Å². The van der Waals surface area contributed by atoms with Crippen LogP contribution in [0.4, 0.5) is 0 Å². The van der Waals surface area contributed by atoms with Crippen LogP contribution in [0.15, 0.2) is 0 Å². The molecule has 1 fully saturated rings. The minimum absolute atomic E-state index is 0.180. The van der Waals surface area contributed by atoms with Gasteiger partial charge in [-0.05, 0) is 6.42 Å². The number of nitrogens with zero attached hydrogens (tertiary/aromatic N) is 1. The fourth-order valence-corrected chi connectivity index (χ4v) is 2.10. The summed E-state index contributed by atoms with van der Waals surface area (Å²) < 4.78 is 0. The predicted octanol–water partition coefficient (Wildman–Crippen LogP) is 0.845. The van der Waals surface area contributed by atoms with E-state index in [0.29, 0.717) is 18.7 Å². The van der Waals surface area contributed by atoms with Crippen molar-refractivity contribution >= 4 is 36.1 Å². The maximum atomic E-state index is 11.8. The number of carboxylic acids is 1. The monoisotopic (exact) mass is 251 g/mol. The van der Waals surface area contributed by atoms with Gasteiger partial charge in [-0.15, -0.1) is 11.6 Å². The molecule has 15 heavy (non-hydrogen) atoms. The Labute approximate surface area is 99.0 Å². The number of carbonyl (C=O) groups excluding carboxylic acids is 1. The molecule has 0 bridgehead atoms. The number of hydrogen-bond donors (Lipinski definition) is 2. The highest BCUT2D eigenvalue weighted by Crippen LogP contribution is 2.24. The van der Waals surface area contributed by atoms with Crippen LogP contribution in [-0.2, 0) is 9.59 Å². The van der Waals surface area contributed by atoms with Crippen molar-refractivity contribution < 1.29 is 14.7 Å². The van der Waals surface area contributed by atoms with E-state index in [-0.39, 0.29) is 17.2 Å². The SMILES string of the molecule is CC(CS)C(=O)N1C[C@@H](Cl)C[C@H]1C(=O)O. The molecule has 6 heteroatoms. The van der Waals surface area contributed by atoms with Crippen molar-refractivity contribution in [2.24, 2.45) is 5.92 Å². The van der Waals surface area contributed by atoms with Gasteiger partial charge in [-0.25, -0.2) is 4.79 Å². The van der Waals surface area contributed by atoms with Crippen molar-refractivity contribution in [2.75, 3.05) is 12.3 Å². The molecule has 1 N–H and O–H groups in total. The Bertz CT molecular complexity index is 274. The summed E-state index contributed by atoms with van der Waals surface area (Å²) in [6, 6.07) is -0.776. The van der Waals surface area contributed by atoms with Crippen molar-refractivity contribution in [1.29, 1.82) is 0 Å². The van der Waals surface area contributed by atoms with E-state index < -0.39 is 12.0 Å².